The maximum atomic E-state index is 11.6. The Kier molecular flexibility index (Phi) is 8.11. The molecule has 0 saturated carbocycles. The molecule has 0 saturated heterocycles. The Morgan fingerprint density at radius 2 is 1.95 bits per heavy atom. The summed E-state index contributed by atoms with van der Waals surface area (Å²) in [5, 5.41) is 0. The summed E-state index contributed by atoms with van der Waals surface area (Å²) in [4.78, 5) is 11.6. The molecule has 21 heavy (non-hydrogen) atoms. The quantitative estimate of drug-likeness (QED) is 0.560. The van der Waals surface area contributed by atoms with Crippen LogP contribution in [0.4, 0.5) is 0 Å². The number of hydrogen-bond donors (Lipinski definition) is 0. The fourth-order valence-electron chi connectivity index (χ4n) is 2.31. The molecule has 118 valence electrons. The summed E-state index contributed by atoms with van der Waals surface area (Å²) in [6, 6.07) is 6.36. The monoisotopic (exact) mass is 290 g/mol. The standard InChI is InChI=1S/C19H30O2/c1-5-13-21-18-12-11-16(4)17(14-18)9-7-6-8-10-19(20)15(2)3/h11-12,14-15H,5-10,13H2,1-4H3. The van der Waals surface area contributed by atoms with Crippen LogP contribution in [0.5, 0.6) is 5.75 Å². The van der Waals surface area contributed by atoms with Gasteiger partial charge in [-0.25, -0.2) is 0 Å². The van der Waals surface area contributed by atoms with Crippen LogP contribution >= 0.6 is 0 Å². The molecule has 2 nitrogen and oxygen atoms in total. The van der Waals surface area contributed by atoms with E-state index in [1.54, 1.807) is 0 Å². The second-order valence-electron chi connectivity index (χ2n) is 6.12. The average molecular weight is 290 g/mol. The second kappa shape index (κ2) is 9.59. The molecule has 0 aliphatic carbocycles. The zero-order valence-corrected chi connectivity index (χ0v) is 14.1. The first-order valence-electron chi connectivity index (χ1n) is 8.29. The van der Waals surface area contributed by atoms with Crippen molar-refractivity contribution < 1.29 is 9.53 Å². The molecule has 0 aliphatic heterocycles. The van der Waals surface area contributed by atoms with Gasteiger partial charge in [-0.3, -0.25) is 4.79 Å². The third kappa shape index (κ3) is 6.79. The molecule has 1 rings (SSSR count). The Balaban J connectivity index is 2.35. The number of carbonyl (C=O) groups excluding carboxylic acids is 1. The van der Waals surface area contributed by atoms with Gasteiger partial charge in [0, 0.05) is 12.3 Å². The van der Waals surface area contributed by atoms with Crippen molar-refractivity contribution in [1.29, 1.82) is 0 Å². The van der Waals surface area contributed by atoms with E-state index in [1.165, 1.54) is 11.1 Å². The predicted octanol–water partition coefficient (Wildman–Crippen LogP) is 5.11. The molecule has 0 heterocycles. The van der Waals surface area contributed by atoms with E-state index in [1.807, 2.05) is 13.8 Å². The van der Waals surface area contributed by atoms with Gasteiger partial charge in [-0.15, -0.1) is 0 Å². The lowest BCUT2D eigenvalue weighted by molar-refractivity contribution is -0.122. The van der Waals surface area contributed by atoms with Crippen LogP contribution in [0.15, 0.2) is 18.2 Å². The highest BCUT2D eigenvalue weighted by atomic mass is 16.5. The number of Topliss-reactive ketones (excluding diaryl/α,β-unsaturated/α-hetero) is 1. The van der Waals surface area contributed by atoms with E-state index in [0.717, 1.165) is 50.9 Å². The molecule has 0 aliphatic rings. The normalized spacial score (nSPS) is 10.9. The first-order chi connectivity index (χ1) is 10.0. The van der Waals surface area contributed by atoms with Gasteiger partial charge < -0.3 is 4.74 Å². The Morgan fingerprint density at radius 1 is 1.19 bits per heavy atom. The first-order valence-corrected chi connectivity index (χ1v) is 8.29. The van der Waals surface area contributed by atoms with Crippen LogP contribution in [-0.4, -0.2) is 12.4 Å². The Morgan fingerprint density at radius 3 is 2.62 bits per heavy atom. The summed E-state index contributed by atoms with van der Waals surface area (Å²) in [7, 11) is 0. The number of carbonyl (C=O) groups is 1. The van der Waals surface area contributed by atoms with Gasteiger partial charge in [-0.05, 0) is 55.9 Å². The Labute approximate surface area is 129 Å². The van der Waals surface area contributed by atoms with E-state index in [-0.39, 0.29) is 5.92 Å². The fraction of sp³-hybridized carbons (Fsp3) is 0.632. The number of aryl methyl sites for hydroxylation is 2. The molecule has 1 aromatic carbocycles. The summed E-state index contributed by atoms with van der Waals surface area (Å²) in [5.41, 5.74) is 2.70. The lowest BCUT2D eigenvalue weighted by Gasteiger charge is -2.10. The van der Waals surface area contributed by atoms with Gasteiger partial charge >= 0.3 is 0 Å². The van der Waals surface area contributed by atoms with Crippen molar-refractivity contribution in [3.8, 4) is 5.75 Å². The van der Waals surface area contributed by atoms with Crippen molar-refractivity contribution in [2.75, 3.05) is 6.61 Å². The van der Waals surface area contributed by atoms with Gasteiger partial charge in [0.05, 0.1) is 6.61 Å². The maximum Gasteiger partial charge on any atom is 0.135 e. The third-order valence-electron chi connectivity index (χ3n) is 3.81. The predicted molar refractivity (Wildman–Crippen MR) is 89.0 cm³/mol. The smallest absolute Gasteiger partial charge is 0.135 e. The minimum Gasteiger partial charge on any atom is -0.494 e. The van der Waals surface area contributed by atoms with Crippen molar-refractivity contribution in [1.82, 2.24) is 0 Å². The van der Waals surface area contributed by atoms with E-state index in [2.05, 4.69) is 32.0 Å². The highest BCUT2D eigenvalue weighted by molar-refractivity contribution is 5.80. The largest absolute Gasteiger partial charge is 0.494 e. The van der Waals surface area contributed by atoms with Crippen LogP contribution in [-0.2, 0) is 11.2 Å². The first kappa shape index (κ1) is 17.7. The van der Waals surface area contributed by atoms with E-state index >= 15 is 0 Å². The summed E-state index contributed by atoms with van der Waals surface area (Å²) in [5.74, 6) is 1.55. The molecule has 0 N–H and O–H groups in total. The van der Waals surface area contributed by atoms with E-state index in [4.69, 9.17) is 4.74 Å². The highest BCUT2D eigenvalue weighted by Crippen LogP contribution is 2.20. The van der Waals surface area contributed by atoms with E-state index in [0.29, 0.717) is 5.78 Å². The number of ketones is 1. The van der Waals surface area contributed by atoms with Gasteiger partial charge in [-0.1, -0.05) is 33.3 Å². The van der Waals surface area contributed by atoms with Gasteiger partial charge in [0.2, 0.25) is 0 Å². The van der Waals surface area contributed by atoms with Gasteiger partial charge in [0.1, 0.15) is 11.5 Å². The van der Waals surface area contributed by atoms with Gasteiger partial charge in [0.25, 0.3) is 0 Å². The molecule has 0 radical (unpaired) electrons. The molecule has 0 atom stereocenters. The SMILES string of the molecule is CCCOc1ccc(C)c(CCCCCC(=O)C(C)C)c1. The average Bonchev–Trinajstić information content (AvgIpc) is 2.46. The number of rotatable bonds is 10. The minimum atomic E-state index is 0.180. The Hall–Kier alpha value is -1.31. The van der Waals surface area contributed by atoms with Crippen molar-refractivity contribution >= 4 is 5.78 Å². The summed E-state index contributed by atoms with van der Waals surface area (Å²) >= 11 is 0. The highest BCUT2D eigenvalue weighted by Gasteiger charge is 2.06. The second-order valence-corrected chi connectivity index (χ2v) is 6.12. The van der Waals surface area contributed by atoms with E-state index in [9.17, 15) is 4.79 Å². The zero-order chi connectivity index (χ0) is 15.7. The molecule has 0 aromatic heterocycles. The lowest BCUT2D eigenvalue weighted by atomic mass is 9.99. The van der Waals surface area contributed by atoms with Crippen LogP contribution in [0.2, 0.25) is 0 Å². The van der Waals surface area contributed by atoms with Crippen molar-refractivity contribution in [2.45, 2.75) is 66.2 Å². The molecule has 0 bridgehead atoms. The molecular formula is C19H30O2. The Bertz CT molecular complexity index is 435. The fourth-order valence-corrected chi connectivity index (χ4v) is 2.31. The van der Waals surface area contributed by atoms with Crippen molar-refractivity contribution in [2.24, 2.45) is 5.92 Å². The molecule has 1 aromatic rings. The third-order valence-corrected chi connectivity index (χ3v) is 3.81. The zero-order valence-electron chi connectivity index (χ0n) is 14.1. The van der Waals surface area contributed by atoms with Crippen molar-refractivity contribution in [3.63, 3.8) is 0 Å². The topological polar surface area (TPSA) is 26.3 Å². The lowest BCUT2D eigenvalue weighted by Crippen LogP contribution is -2.06. The maximum absolute atomic E-state index is 11.6. The molecule has 0 spiro atoms. The molecular weight excluding hydrogens is 260 g/mol. The molecule has 2 heteroatoms. The summed E-state index contributed by atoms with van der Waals surface area (Å²) < 4.78 is 5.69. The number of hydrogen-bond acceptors (Lipinski definition) is 2. The molecule has 0 unspecified atom stereocenters. The van der Waals surface area contributed by atoms with Crippen LogP contribution in [0.1, 0.15) is 64.0 Å². The molecule has 0 amide bonds. The van der Waals surface area contributed by atoms with Crippen LogP contribution < -0.4 is 4.74 Å². The summed E-state index contributed by atoms with van der Waals surface area (Å²) in [6.07, 6.45) is 6.12. The molecule has 0 fully saturated rings. The number of ether oxygens (including phenoxy) is 1. The van der Waals surface area contributed by atoms with Crippen LogP contribution in [0.25, 0.3) is 0 Å². The number of benzene rings is 1. The number of unbranched alkanes of at least 4 members (excludes halogenated alkanes) is 2. The van der Waals surface area contributed by atoms with Gasteiger partial charge in [-0.2, -0.15) is 0 Å². The summed E-state index contributed by atoms with van der Waals surface area (Å²) in [6.45, 7) is 9.01. The van der Waals surface area contributed by atoms with Crippen LogP contribution in [0, 0.1) is 12.8 Å². The minimum absolute atomic E-state index is 0.180. The van der Waals surface area contributed by atoms with Gasteiger partial charge in [0.15, 0.2) is 0 Å². The van der Waals surface area contributed by atoms with E-state index < -0.39 is 0 Å². The van der Waals surface area contributed by atoms with Crippen LogP contribution in [0.3, 0.4) is 0 Å². The van der Waals surface area contributed by atoms with Crippen molar-refractivity contribution in [3.05, 3.63) is 29.3 Å².